The molecule has 3 fully saturated rings. The number of piperazine rings is 1. The molecule has 3 aliphatic rings. The van der Waals surface area contributed by atoms with Crippen LogP contribution in [0, 0.1) is 11.3 Å². The molecule has 2 heterocycles. The summed E-state index contributed by atoms with van der Waals surface area (Å²) in [7, 11) is 0. The molecule has 0 amide bonds. The molecule has 144 valence electrons. The van der Waals surface area contributed by atoms with Gasteiger partial charge in [-0.25, -0.2) is 0 Å². The summed E-state index contributed by atoms with van der Waals surface area (Å²) in [6.07, 6.45) is 5.56. The summed E-state index contributed by atoms with van der Waals surface area (Å²) in [5, 5.41) is 0. The Kier molecular flexibility index (Phi) is 6.45. The molecule has 0 aromatic rings. The van der Waals surface area contributed by atoms with Crippen LogP contribution in [0.3, 0.4) is 0 Å². The summed E-state index contributed by atoms with van der Waals surface area (Å²) >= 11 is 0. The van der Waals surface area contributed by atoms with Gasteiger partial charge in [-0.3, -0.25) is 9.80 Å². The Morgan fingerprint density at radius 1 is 1.00 bits per heavy atom. The van der Waals surface area contributed by atoms with E-state index in [4.69, 9.17) is 4.74 Å². The molecule has 2 aliphatic heterocycles. The number of likely N-dealkylation sites (tertiary alicyclic amines) is 1. The van der Waals surface area contributed by atoms with Gasteiger partial charge in [0, 0.05) is 45.3 Å². The van der Waals surface area contributed by atoms with Gasteiger partial charge in [0.1, 0.15) is 0 Å². The summed E-state index contributed by atoms with van der Waals surface area (Å²) in [5.41, 5.74) is 0.655. The Morgan fingerprint density at radius 2 is 1.56 bits per heavy atom. The third-order valence-electron chi connectivity index (χ3n) is 6.80. The monoisotopic (exact) mass is 349 g/mol. The van der Waals surface area contributed by atoms with E-state index in [9.17, 15) is 0 Å². The second-order valence-corrected chi connectivity index (χ2v) is 9.10. The van der Waals surface area contributed by atoms with E-state index in [1.165, 1.54) is 78.0 Å². The fourth-order valence-corrected chi connectivity index (χ4v) is 4.99. The average molecular weight is 350 g/mol. The van der Waals surface area contributed by atoms with Gasteiger partial charge in [0.2, 0.25) is 0 Å². The topological polar surface area (TPSA) is 19.0 Å². The van der Waals surface area contributed by atoms with Gasteiger partial charge in [-0.15, -0.1) is 0 Å². The molecule has 0 aromatic heterocycles. The van der Waals surface area contributed by atoms with Gasteiger partial charge in [0.05, 0.1) is 12.4 Å². The number of hydrogen-bond acceptors (Lipinski definition) is 4. The van der Waals surface area contributed by atoms with Crippen LogP contribution in [0.2, 0.25) is 0 Å². The molecule has 2 saturated heterocycles. The molecule has 0 N–H and O–H groups in total. The Labute approximate surface area is 155 Å². The van der Waals surface area contributed by atoms with Crippen molar-refractivity contribution in [3.63, 3.8) is 0 Å². The van der Waals surface area contributed by atoms with Crippen LogP contribution in [-0.2, 0) is 4.74 Å². The van der Waals surface area contributed by atoms with Crippen molar-refractivity contribution in [1.82, 2.24) is 14.7 Å². The van der Waals surface area contributed by atoms with Crippen LogP contribution in [0.4, 0.5) is 0 Å². The molecular formula is C21H39N3O. The second-order valence-electron chi connectivity index (χ2n) is 9.10. The zero-order valence-corrected chi connectivity index (χ0v) is 16.8. The van der Waals surface area contributed by atoms with Crippen LogP contribution in [-0.4, -0.2) is 79.7 Å². The van der Waals surface area contributed by atoms with Crippen LogP contribution in [0.5, 0.6) is 0 Å². The highest BCUT2D eigenvalue weighted by Crippen LogP contribution is 2.52. The molecular weight excluding hydrogens is 310 g/mol. The van der Waals surface area contributed by atoms with Crippen LogP contribution in [0.15, 0.2) is 12.3 Å². The lowest BCUT2D eigenvalue weighted by atomic mass is 9.58. The fourth-order valence-electron chi connectivity index (χ4n) is 4.99. The molecule has 0 atom stereocenters. The summed E-state index contributed by atoms with van der Waals surface area (Å²) in [6.45, 7) is 21.4. The number of rotatable bonds is 7. The van der Waals surface area contributed by atoms with Crippen LogP contribution in [0.1, 0.15) is 46.5 Å². The third-order valence-corrected chi connectivity index (χ3v) is 6.80. The molecule has 0 unspecified atom stereocenters. The smallest absolute Gasteiger partial charge is 0.0905 e. The lowest BCUT2D eigenvalue weighted by Crippen LogP contribution is -2.52. The van der Waals surface area contributed by atoms with Gasteiger partial charge >= 0.3 is 0 Å². The molecule has 0 aromatic carbocycles. The predicted octanol–water partition coefficient (Wildman–Crippen LogP) is 3.05. The number of nitrogens with zero attached hydrogens (tertiary/aromatic N) is 3. The van der Waals surface area contributed by atoms with E-state index in [1.54, 1.807) is 0 Å². The van der Waals surface area contributed by atoms with Gasteiger partial charge in [0.25, 0.3) is 0 Å². The van der Waals surface area contributed by atoms with Crippen LogP contribution < -0.4 is 0 Å². The molecule has 4 nitrogen and oxygen atoms in total. The summed E-state index contributed by atoms with van der Waals surface area (Å²) in [5.74, 6) is 1.64. The van der Waals surface area contributed by atoms with Crippen LogP contribution >= 0.6 is 0 Å². The third kappa shape index (κ3) is 5.21. The molecule has 0 radical (unpaired) electrons. The average Bonchev–Trinajstić information content (AvgIpc) is 2.57. The van der Waals surface area contributed by atoms with Gasteiger partial charge in [-0.1, -0.05) is 6.58 Å². The van der Waals surface area contributed by atoms with E-state index in [0.29, 0.717) is 11.5 Å². The van der Waals surface area contributed by atoms with Gasteiger partial charge in [-0.2, -0.15) is 0 Å². The highest BCUT2D eigenvalue weighted by Gasteiger charge is 2.45. The number of ether oxygens (including phenoxy) is 1. The molecule has 0 bridgehead atoms. The Hall–Kier alpha value is -0.580. The second kappa shape index (κ2) is 8.41. The van der Waals surface area contributed by atoms with E-state index in [0.717, 1.165) is 18.3 Å². The van der Waals surface area contributed by atoms with Crippen LogP contribution in [0.25, 0.3) is 0 Å². The quantitative estimate of drug-likeness (QED) is 0.658. The summed E-state index contributed by atoms with van der Waals surface area (Å²) < 4.78 is 5.62. The van der Waals surface area contributed by atoms with Gasteiger partial charge in [-0.05, 0) is 70.9 Å². The van der Waals surface area contributed by atoms with Crippen molar-refractivity contribution in [2.45, 2.75) is 52.5 Å². The number of hydrogen-bond donors (Lipinski definition) is 0. The van der Waals surface area contributed by atoms with E-state index < -0.39 is 0 Å². The van der Waals surface area contributed by atoms with Crippen molar-refractivity contribution in [3.05, 3.63) is 12.3 Å². The predicted molar refractivity (Wildman–Crippen MR) is 105 cm³/mol. The minimum absolute atomic E-state index is 0.655. The van der Waals surface area contributed by atoms with Crippen molar-refractivity contribution in [1.29, 1.82) is 0 Å². The van der Waals surface area contributed by atoms with Crippen molar-refractivity contribution >= 4 is 0 Å². The van der Waals surface area contributed by atoms with E-state index in [1.807, 2.05) is 6.92 Å². The lowest BCUT2D eigenvalue weighted by molar-refractivity contribution is -0.0405. The Bertz CT molecular complexity index is 426. The first kappa shape index (κ1) is 19.2. The summed E-state index contributed by atoms with van der Waals surface area (Å²) in [4.78, 5) is 7.97. The standard InChI is InChI=1S/C21H39N3O/c1-18(2)24-13-11-23(12-14-24)10-9-22-7-5-21(6-8-22)15-20(16-21)17-25-19(3)4/h18,20H,3,5-17H2,1-2,4H3. The molecule has 4 heteroatoms. The minimum atomic E-state index is 0.655. The Balaban J connectivity index is 1.28. The zero-order valence-electron chi connectivity index (χ0n) is 16.8. The maximum Gasteiger partial charge on any atom is 0.0905 e. The molecule has 25 heavy (non-hydrogen) atoms. The number of piperidine rings is 1. The van der Waals surface area contributed by atoms with E-state index in [-0.39, 0.29) is 0 Å². The molecule has 3 rings (SSSR count). The molecule has 1 spiro atoms. The minimum Gasteiger partial charge on any atom is -0.499 e. The van der Waals surface area contributed by atoms with Crippen molar-refractivity contribution in [3.8, 4) is 0 Å². The molecule has 1 aliphatic carbocycles. The first-order valence-corrected chi connectivity index (χ1v) is 10.4. The number of allylic oxidation sites excluding steroid dienone is 1. The van der Waals surface area contributed by atoms with Crippen molar-refractivity contribution in [2.75, 3.05) is 59.0 Å². The highest BCUT2D eigenvalue weighted by atomic mass is 16.5. The van der Waals surface area contributed by atoms with E-state index in [2.05, 4.69) is 35.1 Å². The summed E-state index contributed by atoms with van der Waals surface area (Å²) in [6, 6.07) is 0.701. The SMILES string of the molecule is C=C(C)OCC1CC2(CCN(CCN3CCN(C(C)C)CC3)CC2)C1. The zero-order chi connectivity index (χ0) is 17.9. The van der Waals surface area contributed by atoms with Crippen molar-refractivity contribution < 1.29 is 4.74 Å². The van der Waals surface area contributed by atoms with Gasteiger partial charge < -0.3 is 9.64 Å². The van der Waals surface area contributed by atoms with Gasteiger partial charge in [0.15, 0.2) is 0 Å². The first-order valence-electron chi connectivity index (χ1n) is 10.4. The molecule has 1 saturated carbocycles. The lowest BCUT2D eigenvalue weighted by Gasteiger charge is -2.52. The first-order chi connectivity index (χ1) is 12.0. The van der Waals surface area contributed by atoms with Crippen molar-refractivity contribution in [2.24, 2.45) is 11.3 Å². The highest BCUT2D eigenvalue weighted by molar-refractivity contribution is 4.97. The maximum absolute atomic E-state index is 5.62. The normalized spacial score (nSPS) is 26.1. The fraction of sp³-hybridized carbons (Fsp3) is 0.905. The van der Waals surface area contributed by atoms with E-state index >= 15 is 0 Å². The Morgan fingerprint density at radius 3 is 2.08 bits per heavy atom. The maximum atomic E-state index is 5.62. The largest absolute Gasteiger partial charge is 0.499 e.